The van der Waals surface area contributed by atoms with Gasteiger partial charge in [-0.2, -0.15) is 0 Å². The SMILES string of the molecule is CCOC(=O)C1=CN(Cc2cn(-c3ccc(Cl)cc3)nn2)c2ccc(Cl)cc2C1=C=O. The number of anilines is 1. The molecule has 0 bridgehead atoms. The van der Waals surface area contributed by atoms with Crippen molar-refractivity contribution in [3.8, 4) is 5.69 Å². The Bertz CT molecular complexity index is 1230. The molecule has 7 nitrogen and oxygen atoms in total. The number of hydrogen-bond donors (Lipinski definition) is 0. The van der Waals surface area contributed by atoms with Gasteiger partial charge in [0.25, 0.3) is 0 Å². The summed E-state index contributed by atoms with van der Waals surface area (Å²) in [6.45, 7) is 2.18. The minimum atomic E-state index is -0.610. The first-order valence-electron chi connectivity index (χ1n) is 9.38. The van der Waals surface area contributed by atoms with E-state index in [1.807, 2.05) is 18.1 Å². The van der Waals surface area contributed by atoms with Gasteiger partial charge in [-0.1, -0.05) is 28.4 Å². The lowest BCUT2D eigenvalue weighted by Crippen LogP contribution is -2.25. The molecule has 0 aliphatic carbocycles. The Hall–Kier alpha value is -3.38. The number of carbonyl (C=O) groups excluding carboxylic acids is 2. The number of hydrogen-bond acceptors (Lipinski definition) is 6. The van der Waals surface area contributed by atoms with E-state index in [0.29, 0.717) is 33.5 Å². The average Bonchev–Trinajstić information content (AvgIpc) is 3.22. The Labute approximate surface area is 188 Å². The normalized spacial score (nSPS) is 12.8. The Kier molecular flexibility index (Phi) is 5.91. The molecule has 0 N–H and O–H groups in total. The number of halogens is 2. The smallest absolute Gasteiger partial charge is 0.341 e. The molecule has 0 saturated carbocycles. The van der Waals surface area contributed by atoms with Gasteiger partial charge in [-0.15, -0.1) is 5.10 Å². The first-order chi connectivity index (χ1) is 15.0. The Morgan fingerprint density at radius 1 is 1.13 bits per heavy atom. The third kappa shape index (κ3) is 4.25. The van der Waals surface area contributed by atoms with Gasteiger partial charge in [0.2, 0.25) is 0 Å². The number of carbonyl (C=O) groups is 1. The molecule has 1 aliphatic heterocycles. The van der Waals surface area contributed by atoms with Crippen LogP contribution in [0.15, 0.2) is 60.4 Å². The van der Waals surface area contributed by atoms with Crippen LogP contribution in [-0.4, -0.2) is 33.5 Å². The highest BCUT2D eigenvalue weighted by molar-refractivity contribution is 6.31. The zero-order chi connectivity index (χ0) is 22.0. The maximum absolute atomic E-state index is 12.5. The zero-order valence-electron chi connectivity index (χ0n) is 16.4. The molecule has 0 saturated heterocycles. The van der Waals surface area contributed by atoms with Crippen LogP contribution in [0.4, 0.5) is 5.69 Å². The minimum Gasteiger partial charge on any atom is -0.462 e. The molecule has 0 radical (unpaired) electrons. The van der Waals surface area contributed by atoms with Gasteiger partial charge in [-0.25, -0.2) is 14.3 Å². The molecule has 156 valence electrons. The lowest BCUT2D eigenvalue weighted by Gasteiger charge is -2.28. The Morgan fingerprint density at radius 2 is 1.87 bits per heavy atom. The Balaban J connectivity index is 1.71. The van der Waals surface area contributed by atoms with E-state index < -0.39 is 5.97 Å². The summed E-state index contributed by atoms with van der Waals surface area (Å²) in [5.74, 6) is 1.25. The summed E-state index contributed by atoms with van der Waals surface area (Å²) in [5, 5.41) is 9.45. The van der Waals surface area contributed by atoms with Gasteiger partial charge in [0, 0.05) is 27.5 Å². The summed E-state index contributed by atoms with van der Waals surface area (Å²) in [6, 6.07) is 12.3. The molecule has 0 spiro atoms. The molecule has 0 atom stereocenters. The molecule has 2 aromatic carbocycles. The van der Waals surface area contributed by atoms with Crippen molar-refractivity contribution in [2.24, 2.45) is 0 Å². The molecular weight excluding hydrogens is 439 g/mol. The van der Waals surface area contributed by atoms with E-state index in [1.54, 1.807) is 59.2 Å². The van der Waals surface area contributed by atoms with E-state index in [-0.39, 0.29) is 17.8 Å². The largest absolute Gasteiger partial charge is 0.462 e. The molecular formula is C22H16Cl2N4O3. The number of aromatic nitrogens is 3. The monoisotopic (exact) mass is 454 g/mol. The molecule has 0 amide bonds. The first-order valence-corrected chi connectivity index (χ1v) is 10.1. The molecule has 1 aliphatic rings. The maximum atomic E-state index is 12.5. The van der Waals surface area contributed by atoms with Crippen LogP contribution < -0.4 is 4.90 Å². The second-order valence-electron chi connectivity index (χ2n) is 6.66. The Morgan fingerprint density at radius 3 is 2.58 bits per heavy atom. The van der Waals surface area contributed by atoms with Crippen LogP contribution in [0.1, 0.15) is 18.2 Å². The lowest BCUT2D eigenvalue weighted by atomic mass is 9.94. The number of rotatable bonds is 5. The van der Waals surface area contributed by atoms with E-state index in [2.05, 4.69) is 10.3 Å². The van der Waals surface area contributed by atoms with Crippen molar-refractivity contribution in [2.75, 3.05) is 11.5 Å². The number of nitrogens with zero attached hydrogens (tertiary/aromatic N) is 4. The topological polar surface area (TPSA) is 77.3 Å². The number of esters is 1. The number of benzene rings is 2. The van der Waals surface area contributed by atoms with Crippen molar-refractivity contribution < 1.29 is 14.3 Å². The second-order valence-corrected chi connectivity index (χ2v) is 7.53. The van der Waals surface area contributed by atoms with Gasteiger partial charge >= 0.3 is 5.97 Å². The summed E-state index contributed by atoms with van der Waals surface area (Å²) in [6.07, 6.45) is 3.34. The van der Waals surface area contributed by atoms with Gasteiger partial charge in [0.05, 0.1) is 36.2 Å². The van der Waals surface area contributed by atoms with Crippen molar-refractivity contribution in [3.05, 3.63) is 81.7 Å². The highest BCUT2D eigenvalue weighted by atomic mass is 35.5. The van der Waals surface area contributed by atoms with Crippen molar-refractivity contribution in [2.45, 2.75) is 13.5 Å². The van der Waals surface area contributed by atoms with Crippen LogP contribution in [0, 0.1) is 0 Å². The molecule has 1 aromatic heterocycles. The summed E-state index contributed by atoms with van der Waals surface area (Å²) in [7, 11) is 0. The van der Waals surface area contributed by atoms with Gasteiger partial charge in [-0.05, 0) is 49.4 Å². The van der Waals surface area contributed by atoms with E-state index in [0.717, 1.165) is 5.69 Å². The van der Waals surface area contributed by atoms with Crippen molar-refractivity contribution in [3.63, 3.8) is 0 Å². The predicted octanol–water partition coefficient (Wildman–Crippen LogP) is 4.26. The van der Waals surface area contributed by atoms with Crippen molar-refractivity contribution >= 4 is 46.4 Å². The fourth-order valence-electron chi connectivity index (χ4n) is 3.26. The maximum Gasteiger partial charge on any atom is 0.341 e. The average molecular weight is 455 g/mol. The standard InChI is InChI=1S/C22H16Cl2N4O3/c1-2-31-22(30)19-12-27(21-8-5-15(24)9-18(21)20(19)13-29)10-16-11-28(26-25-16)17-6-3-14(23)4-7-17/h3-9,11-12H,2,10H2,1H3. The minimum absolute atomic E-state index is 0.108. The van der Waals surface area contributed by atoms with Gasteiger partial charge < -0.3 is 9.64 Å². The van der Waals surface area contributed by atoms with Crippen LogP contribution in [0.2, 0.25) is 10.0 Å². The third-order valence-electron chi connectivity index (χ3n) is 4.65. The highest BCUT2D eigenvalue weighted by Crippen LogP contribution is 2.38. The molecule has 2 heterocycles. The van der Waals surface area contributed by atoms with Gasteiger partial charge in [-0.3, -0.25) is 0 Å². The first kappa shape index (κ1) is 20.9. The lowest BCUT2D eigenvalue weighted by molar-refractivity contribution is -0.138. The molecule has 0 unspecified atom stereocenters. The number of fused-ring (bicyclic) bond motifs is 1. The van der Waals surface area contributed by atoms with Crippen LogP contribution in [-0.2, 0) is 20.9 Å². The summed E-state index contributed by atoms with van der Waals surface area (Å²) >= 11 is 12.1. The summed E-state index contributed by atoms with van der Waals surface area (Å²) < 4.78 is 6.75. The molecule has 4 rings (SSSR count). The molecule has 0 fully saturated rings. The molecule has 31 heavy (non-hydrogen) atoms. The van der Waals surface area contributed by atoms with Crippen LogP contribution in [0.25, 0.3) is 11.3 Å². The van der Waals surface area contributed by atoms with E-state index in [9.17, 15) is 9.59 Å². The van der Waals surface area contributed by atoms with Crippen LogP contribution in [0.3, 0.4) is 0 Å². The molecule has 9 heteroatoms. The zero-order valence-corrected chi connectivity index (χ0v) is 17.9. The predicted molar refractivity (Wildman–Crippen MR) is 118 cm³/mol. The van der Waals surface area contributed by atoms with Crippen LogP contribution >= 0.6 is 23.2 Å². The van der Waals surface area contributed by atoms with E-state index in [1.165, 1.54) is 0 Å². The quantitative estimate of drug-likeness (QED) is 0.423. The van der Waals surface area contributed by atoms with Gasteiger partial charge in [0.15, 0.2) is 0 Å². The number of ether oxygens (including phenoxy) is 1. The summed E-state index contributed by atoms with van der Waals surface area (Å²) in [5.41, 5.74) is 2.86. The van der Waals surface area contributed by atoms with Crippen molar-refractivity contribution in [1.82, 2.24) is 15.0 Å². The van der Waals surface area contributed by atoms with E-state index >= 15 is 0 Å². The van der Waals surface area contributed by atoms with Crippen molar-refractivity contribution in [1.29, 1.82) is 0 Å². The fraction of sp³-hybridized carbons (Fsp3) is 0.136. The fourth-order valence-corrected chi connectivity index (χ4v) is 3.56. The van der Waals surface area contributed by atoms with E-state index in [4.69, 9.17) is 27.9 Å². The second kappa shape index (κ2) is 8.78. The highest BCUT2D eigenvalue weighted by Gasteiger charge is 2.29. The van der Waals surface area contributed by atoms with Gasteiger partial charge in [0.1, 0.15) is 11.6 Å². The molecule has 3 aromatic rings. The van der Waals surface area contributed by atoms with Crippen LogP contribution in [0.5, 0.6) is 0 Å². The summed E-state index contributed by atoms with van der Waals surface area (Å²) in [4.78, 5) is 26.0. The third-order valence-corrected chi connectivity index (χ3v) is 5.14.